The summed E-state index contributed by atoms with van der Waals surface area (Å²) in [5, 5.41) is 10.7. The molecule has 2 aromatic rings. The summed E-state index contributed by atoms with van der Waals surface area (Å²) in [5.74, 6) is 0.0691. The molecule has 0 aliphatic rings. The van der Waals surface area contributed by atoms with Gasteiger partial charge in [0.25, 0.3) is 0 Å². The van der Waals surface area contributed by atoms with E-state index in [9.17, 15) is 4.79 Å². The minimum atomic E-state index is 0.0691. The summed E-state index contributed by atoms with van der Waals surface area (Å²) in [6.45, 7) is 2.58. The molecule has 6 heteroatoms. The highest BCUT2D eigenvalue weighted by atomic mass is 16.2. The number of H-pyrrole nitrogens is 1. The van der Waals surface area contributed by atoms with Gasteiger partial charge in [-0.25, -0.2) is 0 Å². The minimum absolute atomic E-state index is 0.0691. The fourth-order valence-electron chi connectivity index (χ4n) is 1.73. The molecule has 1 amide bonds. The van der Waals surface area contributed by atoms with E-state index in [2.05, 4.69) is 15.3 Å². The van der Waals surface area contributed by atoms with Gasteiger partial charge in [-0.2, -0.15) is 10.2 Å². The lowest BCUT2D eigenvalue weighted by Gasteiger charge is -2.16. The fourth-order valence-corrected chi connectivity index (χ4v) is 1.73. The fraction of sp³-hybridized carbons (Fsp3) is 0.417. The van der Waals surface area contributed by atoms with Crippen LogP contribution in [0.5, 0.6) is 0 Å². The van der Waals surface area contributed by atoms with E-state index in [0.717, 1.165) is 16.8 Å². The first-order valence-corrected chi connectivity index (χ1v) is 5.77. The molecule has 0 aliphatic carbocycles. The standard InChI is InChI=1S/C12H17N5O/c1-9-11(7-15-17(9)3)8-16(2)12(18)4-10-5-13-14-6-10/h5-7H,4,8H2,1-3H3,(H,13,14). The average Bonchev–Trinajstić information content (AvgIpc) is 2.94. The summed E-state index contributed by atoms with van der Waals surface area (Å²) in [6.07, 6.45) is 5.57. The van der Waals surface area contributed by atoms with Crippen LogP contribution < -0.4 is 0 Å². The van der Waals surface area contributed by atoms with E-state index >= 15 is 0 Å². The molecule has 0 aromatic carbocycles. The second kappa shape index (κ2) is 5.03. The SMILES string of the molecule is Cc1c(CN(C)C(=O)Cc2cn[nH]c2)cnn1C. The molecular formula is C12H17N5O. The smallest absolute Gasteiger partial charge is 0.227 e. The number of rotatable bonds is 4. The van der Waals surface area contributed by atoms with Gasteiger partial charge in [0, 0.05) is 38.1 Å². The molecule has 2 rings (SSSR count). The molecule has 2 heterocycles. The van der Waals surface area contributed by atoms with E-state index in [1.54, 1.807) is 30.5 Å². The van der Waals surface area contributed by atoms with E-state index in [4.69, 9.17) is 0 Å². The van der Waals surface area contributed by atoms with Gasteiger partial charge in [-0.05, 0) is 12.5 Å². The van der Waals surface area contributed by atoms with Crippen molar-refractivity contribution >= 4 is 5.91 Å². The van der Waals surface area contributed by atoms with Gasteiger partial charge in [0.1, 0.15) is 0 Å². The first-order valence-electron chi connectivity index (χ1n) is 5.77. The molecule has 0 atom stereocenters. The van der Waals surface area contributed by atoms with Crippen LogP contribution in [0.2, 0.25) is 0 Å². The Kier molecular flexibility index (Phi) is 3.45. The Morgan fingerprint density at radius 3 is 2.83 bits per heavy atom. The molecule has 0 saturated carbocycles. The van der Waals surface area contributed by atoms with Crippen LogP contribution in [0.15, 0.2) is 18.6 Å². The quantitative estimate of drug-likeness (QED) is 0.862. The van der Waals surface area contributed by atoms with Crippen molar-refractivity contribution in [2.24, 2.45) is 7.05 Å². The Bertz CT molecular complexity index is 529. The summed E-state index contributed by atoms with van der Waals surface area (Å²) in [6, 6.07) is 0. The maximum atomic E-state index is 12.0. The number of nitrogens with zero attached hydrogens (tertiary/aromatic N) is 4. The Balaban J connectivity index is 1.97. The highest BCUT2D eigenvalue weighted by molar-refractivity contribution is 5.78. The summed E-state index contributed by atoms with van der Waals surface area (Å²) >= 11 is 0. The van der Waals surface area contributed by atoms with Crippen LogP contribution in [0.3, 0.4) is 0 Å². The van der Waals surface area contributed by atoms with Crippen molar-refractivity contribution < 1.29 is 4.79 Å². The zero-order valence-corrected chi connectivity index (χ0v) is 10.8. The Morgan fingerprint density at radius 1 is 1.50 bits per heavy atom. The number of hydrogen-bond acceptors (Lipinski definition) is 3. The monoisotopic (exact) mass is 247 g/mol. The molecule has 6 nitrogen and oxygen atoms in total. The molecular weight excluding hydrogens is 230 g/mol. The summed E-state index contributed by atoms with van der Waals surface area (Å²) in [7, 11) is 3.70. The van der Waals surface area contributed by atoms with Crippen molar-refractivity contribution in [3.05, 3.63) is 35.4 Å². The van der Waals surface area contributed by atoms with Gasteiger partial charge in [-0.1, -0.05) is 0 Å². The lowest BCUT2D eigenvalue weighted by atomic mass is 10.2. The maximum absolute atomic E-state index is 12.0. The number of likely N-dealkylation sites (N-methyl/N-ethyl adjacent to an activating group) is 1. The number of amides is 1. The number of aryl methyl sites for hydroxylation is 1. The molecule has 2 aromatic heterocycles. The van der Waals surface area contributed by atoms with Gasteiger partial charge in [0.2, 0.25) is 5.91 Å². The van der Waals surface area contributed by atoms with Crippen LogP contribution in [0.1, 0.15) is 16.8 Å². The molecule has 0 aliphatic heterocycles. The molecule has 96 valence electrons. The molecule has 0 bridgehead atoms. The number of hydrogen-bond donors (Lipinski definition) is 1. The van der Waals surface area contributed by atoms with Gasteiger partial charge in [-0.15, -0.1) is 0 Å². The van der Waals surface area contributed by atoms with Crippen LogP contribution in [0, 0.1) is 6.92 Å². The molecule has 0 fully saturated rings. The number of aromatic amines is 1. The van der Waals surface area contributed by atoms with Crippen molar-refractivity contribution in [3.63, 3.8) is 0 Å². The van der Waals surface area contributed by atoms with Crippen LogP contribution in [0.25, 0.3) is 0 Å². The van der Waals surface area contributed by atoms with Gasteiger partial charge in [-0.3, -0.25) is 14.6 Å². The highest BCUT2D eigenvalue weighted by Crippen LogP contribution is 2.09. The molecule has 18 heavy (non-hydrogen) atoms. The lowest BCUT2D eigenvalue weighted by Crippen LogP contribution is -2.27. The van der Waals surface area contributed by atoms with Crippen molar-refractivity contribution in [2.45, 2.75) is 19.9 Å². The third-order valence-corrected chi connectivity index (χ3v) is 3.08. The summed E-state index contributed by atoms with van der Waals surface area (Å²) in [5.41, 5.74) is 3.05. The van der Waals surface area contributed by atoms with E-state index in [-0.39, 0.29) is 5.91 Å². The Hall–Kier alpha value is -2.11. The van der Waals surface area contributed by atoms with Gasteiger partial charge < -0.3 is 4.90 Å². The molecule has 0 spiro atoms. The van der Waals surface area contributed by atoms with Crippen molar-refractivity contribution in [1.82, 2.24) is 24.9 Å². The Labute approximate surface area is 106 Å². The first-order chi connectivity index (χ1) is 8.58. The molecule has 0 unspecified atom stereocenters. The number of nitrogens with one attached hydrogen (secondary N) is 1. The second-order valence-electron chi connectivity index (χ2n) is 4.41. The van der Waals surface area contributed by atoms with Crippen LogP contribution in [-0.2, 0) is 24.8 Å². The number of carbonyl (C=O) groups is 1. The predicted octanol–water partition coefficient (Wildman–Crippen LogP) is 0.653. The van der Waals surface area contributed by atoms with Crippen LogP contribution in [-0.4, -0.2) is 37.8 Å². The number of aromatic nitrogens is 4. The number of carbonyl (C=O) groups excluding carboxylic acids is 1. The molecule has 0 radical (unpaired) electrons. The predicted molar refractivity (Wildman–Crippen MR) is 66.7 cm³/mol. The van der Waals surface area contributed by atoms with Crippen molar-refractivity contribution in [2.75, 3.05) is 7.05 Å². The van der Waals surface area contributed by atoms with Gasteiger partial charge in [0.15, 0.2) is 0 Å². The molecule has 1 N–H and O–H groups in total. The molecule has 0 saturated heterocycles. The van der Waals surface area contributed by atoms with E-state index < -0.39 is 0 Å². The van der Waals surface area contributed by atoms with Crippen LogP contribution in [0.4, 0.5) is 0 Å². The summed E-state index contributed by atoms with van der Waals surface area (Å²) < 4.78 is 1.81. The van der Waals surface area contributed by atoms with E-state index in [1.165, 1.54) is 0 Å². The van der Waals surface area contributed by atoms with Crippen molar-refractivity contribution in [3.8, 4) is 0 Å². The van der Waals surface area contributed by atoms with Crippen molar-refractivity contribution in [1.29, 1.82) is 0 Å². The second-order valence-corrected chi connectivity index (χ2v) is 4.41. The zero-order chi connectivity index (χ0) is 13.1. The largest absolute Gasteiger partial charge is 0.341 e. The Morgan fingerprint density at radius 2 is 2.28 bits per heavy atom. The lowest BCUT2D eigenvalue weighted by molar-refractivity contribution is -0.129. The maximum Gasteiger partial charge on any atom is 0.227 e. The third kappa shape index (κ3) is 2.58. The van der Waals surface area contributed by atoms with Gasteiger partial charge in [0.05, 0.1) is 18.8 Å². The minimum Gasteiger partial charge on any atom is -0.341 e. The van der Waals surface area contributed by atoms with Gasteiger partial charge >= 0.3 is 0 Å². The summed E-state index contributed by atoms with van der Waals surface area (Å²) in [4.78, 5) is 13.7. The van der Waals surface area contributed by atoms with E-state index in [0.29, 0.717) is 13.0 Å². The highest BCUT2D eigenvalue weighted by Gasteiger charge is 2.13. The van der Waals surface area contributed by atoms with E-state index in [1.807, 2.05) is 18.7 Å². The normalized spacial score (nSPS) is 10.6. The third-order valence-electron chi connectivity index (χ3n) is 3.08. The zero-order valence-electron chi connectivity index (χ0n) is 10.8. The average molecular weight is 247 g/mol. The topological polar surface area (TPSA) is 66.8 Å². The van der Waals surface area contributed by atoms with Crippen LogP contribution >= 0.6 is 0 Å². The first kappa shape index (κ1) is 12.3.